The number of imidazole rings is 1. The highest BCUT2D eigenvalue weighted by atomic mass is 35.5. The average molecular weight is 257 g/mol. The van der Waals surface area contributed by atoms with E-state index in [-0.39, 0.29) is 0 Å². The molecule has 2 aromatic carbocycles. The van der Waals surface area contributed by atoms with E-state index >= 15 is 0 Å². The fourth-order valence-corrected chi connectivity index (χ4v) is 2.49. The van der Waals surface area contributed by atoms with Crippen LogP contribution in [0.1, 0.15) is 11.1 Å². The molecule has 0 saturated heterocycles. The number of nitrogens with one attached hydrogen (secondary N) is 1. The Bertz CT molecular complexity index is 728. The third-order valence-electron chi connectivity index (χ3n) is 3.08. The first-order chi connectivity index (χ1) is 8.65. The Labute approximate surface area is 111 Å². The molecule has 2 nitrogen and oxygen atoms in total. The molecule has 0 saturated carbocycles. The van der Waals surface area contributed by atoms with E-state index in [0.717, 1.165) is 28.0 Å². The van der Waals surface area contributed by atoms with Crippen molar-refractivity contribution in [3.8, 4) is 11.4 Å². The summed E-state index contributed by atoms with van der Waals surface area (Å²) in [6.07, 6.45) is 0. The van der Waals surface area contributed by atoms with Crippen molar-refractivity contribution in [1.82, 2.24) is 9.97 Å². The van der Waals surface area contributed by atoms with Gasteiger partial charge in [0.25, 0.3) is 0 Å². The van der Waals surface area contributed by atoms with Gasteiger partial charge in [-0.1, -0.05) is 35.9 Å². The molecule has 3 rings (SSSR count). The van der Waals surface area contributed by atoms with Crippen molar-refractivity contribution < 1.29 is 0 Å². The van der Waals surface area contributed by atoms with Crippen LogP contribution in [0.4, 0.5) is 0 Å². The van der Waals surface area contributed by atoms with Gasteiger partial charge in [-0.05, 0) is 37.1 Å². The van der Waals surface area contributed by atoms with Crippen LogP contribution >= 0.6 is 11.6 Å². The highest BCUT2D eigenvalue weighted by Gasteiger charge is 2.10. The molecule has 0 fully saturated rings. The van der Waals surface area contributed by atoms with Crippen LogP contribution < -0.4 is 0 Å². The summed E-state index contributed by atoms with van der Waals surface area (Å²) in [6.45, 7) is 4.11. The van der Waals surface area contributed by atoms with E-state index < -0.39 is 0 Å². The molecule has 0 aliphatic carbocycles. The van der Waals surface area contributed by atoms with Gasteiger partial charge in [0.1, 0.15) is 11.3 Å². The number of aryl methyl sites for hydroxylation is 2. The van der Waals surface area contributed by atoms with E-state index in [1.165, 1.54) is 5.56 Å². The zero-order valence-corrected chi connectivity index (χ0v) is 11.0. The zero-order valence-electron chi connectivity index (χ0n) is 10.3. The lowest BCUT2D eigenvalue weighted by molar-refractivity contribution is 1.31. The predicted octanol–water partition coefficient (Wildman–Crippen LogP) is 4.50. The first-order valence-corrected chi connectivity index (χ1v) is 6.25. The number of aromatic nitrogens is 2. The standard InChI is InChI=1S/C15H13ClN2/c1-9-7-12(16)14-13(8-9)17-15(18-14)11-6-4-3-5-10(11)2/h3-8H,1-2H3,(H,17,18). The Morgan fingerprint density at radius 3 is 2.67 bits per heavy atom. The van der Waals surface area contributed by atoms with Crippen LogP contribution in [0.3, 0.4) is 0 Å². The average Bonchev–Trinajstić information content (AvgIpc) is 2.73. The predicted molar refractivity (Wildman–Crippen MR) is 76.0 cm³/mol. The van der Waals surface area contributed by atoms with E-state index in [4.69, 9.17) is 11.6 Å². The molecule has 90 valence electrons. The highest BCUT2D eigenvalue weighted by molar-refractivity contribution is 6.35. The number of benzene rings is 2. The second-order valence-electron chi connectivity index (χ2n) is 4.54. The number of H-pyrrole nitrogens is 1. The van der Waals surface area contributed by atoms with Crippen LogP contribution in [0, 0.1) is 13.8 Å². The van der Waals surface area contributed by atoms with Gasteiger partial charge in [0.2, 0.25) is 0 Å². The smallest absolute Gasteiger partial charge is 0.138 e. The molecule has 3 aromatic rings. The fourth-order valence-electron chi connectivity index (χ4n) is 2.18. The molecule has 0 spiro atoms. The molecule has 3 heteroatoms. The summed E-state index contributed by atoms with van der Waals surface area (Å²) in [5.41, 5.74) is 5.26. The van der Waals surface area contributed by atoms with Crippen LogP contribution in [-0.2, 0) is 0 Å². The zero-order chi connectivity index (χ0) is 12.7. The van der Waals surface area contributed by atoms with Gasteiger partial charge in [0.15, 0.2) is 0 Å². The maximum absolute atomic E-state index is 6.22. The molecule has 0 bridgehead atoms. The van der Waals surface area contributed by atoms with Crippen molar-refractivity contribution in [1.29, 1.82) is 0 Å². The number of rotatable bonds is 1. The number of halogens is 1. The van der Waals surface area contributed by atoms with Crippen molar-refractivity contribution in [2.45, 2.75) is 13.8 Å². The monoisotopic (exact) mass is 256 g/mol. The quantitative estimate of drug-likeness (QED) is 0.682. The molecule has 0 amide bonds. The summed E-state index contributed by atoms with van der Waals surface area (Å²) in [4.78, 5) is 7.94. The molecular formula is C15H13ClN2. The van der Waals surface area contributed by atoms with Gasteiger partial charge in [-0.2, -0.15) is 0 Å². The molecule has 0 unspecified atom stereocenters. The maximum atomic E-state index is 6.22. The molecule has 1 aromatic heterocycles. The van der Waals surface area contributed by atoms with Crippen molar-refractivity contribution in [2.24, 2.45) is 0 Å². The van der Waals surface area contributed by atoms with Gasteiger partial charge < -0.3 is 4.98 Å². The number of hydrogen-bond acceptors (Lipinski definition) is 1. The van der Waals surface area contributed by atoms with E-state index in [1.54, 1.807) is 0 Å². The molecule has 0 atom stereocenters. The first kappa shape index (κ1) is 11.3. The van der Waals surface area contributed by atoms with Gasteiger partial charge >= 0.3 is 0 Å². The van der Waals surface area contributed by atoms with Crippen molar-refractivity contribution >= 4 is 22.6 Å². The highest BCUT2D eigenvalue weighted by Crippen LogP contribution is 2.28. The summed E-state index contributed by atoms with van der Waals surface area (Å²) in [5, 5.41) is 0.695. The summed E-state index contributed by atoms with van der Waals surface area (Å²) >= 11 is 6.22. The number of nitrogens with zero attached hydrogens (tertiary/aromatic N) is 1. The Morgan fingerprint density at radius 1 is 1.11 bits per heavy atom. The summed E-state index contributed by atoms with van der Waals surface area (Å²) in [6, 6.07) is 12.2. The number of aromatic amines is 1. The normalized spacial score (nSPS) is 11.1. The van der Waals surface area contributed by atoms with Crippen LogP contribution in [0.5, 0.6) is 0 Å². The molecular weight excluding hydrogens is 244 g/mol. The minimum Gasteiger partial charge on any atom is -0.338 e. The van der Waals surface area contributed by atoms with Crippen molar-refractivity contribution in [2.75, 3.05) is 0 Å². The Morgan fingerprint density at radius 2 is 1.89 bits per heavy atom. The van der Waals surface area contributed by atoms with E-state index in [1.807, 2.05) is 25.1 Å². The third-order valence-corrected chi connectivity index (χ3v) is 3.37. The topological polar surface area (TPSA) is 28.7 Å². The van der Waals surface area contributed by atoms with Gasteiger partial charge in [-0.25, -0.2) is 4.98 Å². The minimum absolute atomic E-state index is 0.695. The Hall–Kier alpha value is -1.80. The lowest BCUT2D eigenvalue weighted by Gasteiger charge is -2.00. The molecule has 1 heterocycles. The largest absolute Gasteiger partial charge is 0.338 e. The first-order valence-electron chi connectivity index (χ1n) is 5.87. The maximum Gasteiger partial charge on any atom is 0.138 e. The second kappa shape index (κ2) is 4.14. The van der Waals surface area contributed by atoms with Gasteiger partial charge in [-0.15, -0.1) is 0 Å². The lowest BCUT2D eigenvalue weighted by atomic mass is 10.1. The lowest BCUT2D eigenvalue weighted by Crippen LogP contribution is -1.83. The third kappa shape index (κ3) is 1.79. The molecule has 0 radical (unpaired) electrons. The Kier molecular flexibility index (Phi) is 2.60. The van der Waals surface area contributed by atoms with E-state index in [0.29, 0.717) is 5.02 Å². The SMILES string of the molecule is Cc1cc(Cl)c2nc(-c3ccccc3C)[nH]c2c1. The van der Waals surface area contributed by atoms with Crippen LogP contribution in [0.25, 0.3) is 22.4 Å². The molecule has 0 aliphatic rings. The van der Waals surface area contributed by atoms with Crippen molar-refractivity contribution in [3.05, 3.63) is 52.5 Å². The second-order valence-corrected chi connectivity index (χ2v) is 4.95. The van der Waals surface area contributed by atoms with Gasteiger partial charge in [0, 0.05) is 5.56 Å². The fraction of sp³-hybridized carbons (Fsp3) is 0.133. The number of hydrogen-bond donors (Lipinski definition) is 1. The summed E-state index contributed by atoms with van der Waals surface area (Å²) < 4.78 is 0. The minimum atomic E-state index is 0.695. The summed E-state index contributed by atoms with van der Waals surface area (Å²) in [7, 11) is 0. The van der Waals surface area contributed by atoms with Crippen LogP contribution in [0.15, 0.2) is 36.4 Å². The van der Waals surface area contributed by atoms with E-state index in [2.05, 4.69) is 35.1 Å². The van der Waals surface area contributed by atoms with Gasteiger partial charge in [0.05, 0.1) is 10.5 Å². The summed E-state index contributed by atoms with van der Waals surface area (Å²) in [5.74, 6) is 0.871. The molecule has 18 heavy (non-hydrogen) atoms. The van der Waals surface area contributed by atoms with Crippen LogP contribution in [-0.4, -0.2) is 9.97 Å². The Balaban J connectivity index is 2.26. The number of fused-ring (bicyclic) bond motifs is 1. The molecule has 1 N–H and O–H groups in total. The molecule has 0 aliphatic heterocycles. The van der Waals surface area contributed by atoms with E-state index in [9.17, 15) is 0 Å². The van der Waals surface area contributed by atoms with Gasteiger partial charge in [-0.3, -0.25) is 0 Å². The van der Waals surface area contributed by atoms with Crippen LogP contribution in [0.2, 0.25) is 5.02 Å². The van der Waals surface area contributed by atoms with Crippen molar-refractivity contribution in [3.63, 3.8) is 0 Å².